The van der Waals surface area contributed by atoms with E-state index in [1.165, 1.54) is 0 Å². The van der Waals surface area contributed by atoms with Gasteiger partial charge in [0.25, 0.3) is 0 Å². The lowest BCUT2D eigenvalue weighted by molar-refractivity contribution is -0.137. The summed E-state index contributed by atoms with van der Waals surface area (Å²) < 4.78 is 13.6. The average Bonchev–Trinajstić information content (AvgIpc) is 2.20. The van der Waals surface area contributed by atoms with Gasteiger partial charge >= 0.3 is 5.97 Å². The molecule has 14 heavy (non-hydrogen) atoms. The maximum absolute atomic E-state index is 10.6. The molecule has 0 saturated heterocycles. The topological polar surface area (TPSA) is 85.2 Å². The predicted octanol–water partition coefficient (Wildman–Crippen LogP) is -1.53. The van der Waals surface area contributed by atoms with Gasteiger partial charge in [-0.3, -0.25) is 0 Å². The normalized spacial score (nSPS) is 8.71. The van der Waals surface area contributed by atoms with E-state index in [1.54, 1.807) is 0 Å². The van der Waals surface area contributed by atoms with Crippen molar-refractivity contribution >= 4 is 5.97 Å². The van der Waals surface area contributed by atoms with E-state index in [0.717, 1.165) is 0 Å². The molecule has 0 atom stereocenters. The van der Waals surface area contributed by atoms with Gasteiger partial charge in [0.05, 0.1) is 25.7 Å². The Morgan fingerprint density at radius 2 is 1.93 bits per heavy atom. The second-order valence-electron chi connectivity index (χ2n) is 1.98. The third-order valence-corrected chi connectivity index (χ3v) is 0.928. The fourth-order valence-corrected chi connectivity index (χ4v) is 0.447. The lowest BCUT2D eigenvalue weighted by atomic mass is 10.7. The molecule has 0 aliphatic heterocycles. The summed E-state index contributed by atoms with van der Waals surface area (Å²) in [4.78, 5) is 10.6. The number of ether oxygens (including phenoxy) is 3. The van der Waals surface area contributed by atoms with Gasteiger partial charge in [-0.1, -0.05) is 0 Å². The maximum Gasteiger partial charge on any atom is 0.387 e. The van der Waals surface area contributed by atoms with E-state index in [2.05, 4.69) is 14.2 Å². The van der Waals surface area contributed by atoms with Crippen LogP contribution in [0.25, 0.3) is 0 Å². The van der Waals surface area contributed by atoms with Gasteiger partial charge < -0.3 is 24.4 Å². The summed E-state index contributed by atoms with van der Waals surface area (Å²) in [6.45, 7) is -0.408. The molecule has 0 aromatic rings. The van der Waals surface area contributed by atoms with Crippen LogP contribution >= 0.6 is 0 Å². The molecule has 0 aromatic heterocycles. The molecular formula is C8H12O6. The second kappa shape index (κ2) is 9.80. The first-order chi connectivity index (χ1) is 6.81. The van der Waals surface area contributed by atoms with Crippen LogP contribution in [0.3, 0.4) is 0 Å². The molecule has 6 heteroatoms. The van der Waals surface area contributed by atoms with Crippen molar-refractivity contribution in [1.29, 1.82) is 0 Å². The summed E-state index contributed by atoms with van der Waals surface area (Å²) in [5.41, 5.74) is 0. The molecule has 6 nitrogen and oxygen atoms in total. The summed E-state index contributed by atoms with van der Waals surface area (Å²) in [6.07, 6.45) is 2.04. The van der Waals surface area contributed by atoms with Crippen LogP contribution < -0.4 is 0 Å². The van der Waals surface area contributed by atoms with Crippen LogP contribution in [0, 0.1) is 12.0 Å². The van der Waals surface area contributed by atoms with E-state index >= 15 is 0 Å². The molecule has 0 rings (SSSR count). The van der Waals surface area contributed by atoms with Crippen molar-refractivity contribution in [2.24, 2.45) is 0 Å². The van der Waals surface area contributed by atoms with Gasteiger partial charge in [0.1, 0.15) is 12.7 Å². The number of aliphatic hydroxyl groups is 2. The van der Waals surface area contributed by atoms with E-state index in [0.29, 0.717) is 0 Å². The van der Waals surface area contributed by atoms with Crippen molar-refractivity contribution < 1.29 is 29.2 Å². The third kappa shape index (κ3) is 8.80. The average molecular weight is 204 g/mol. The smallest absolute Gasteiger partial charge is 0.387 e. The zero-order valence-corrected chi connectivity index (χ0v) is 7.56. The number of carbonyl (C=O) groups is 1. The van der Waals surface area contributed by atoms with Gasteiger partial charge in [-0.15, -0.1) is 0 Å². The fourth-order valence-electron chi connectivity index (χ4n) is 0.447. The van der Waals surface area contributed by atoms with E-state index in [9.17, 15) is 4.79 Å². The van der Waals surface area contributed by atoms with Gasteiger partial charge in [0.15, 0.2) is 6.79 Å². The van der Waals surface area contributed by atoms with Gasteiger partial charge in [-0.25, -0.2) is 4.79 Å². The maximum atomic E-state index is 10.6. The minimum atomic E-state index is -0.777. The Labute approximate surface area is 81.4 Å². The van der Waals surface area contributed by atoms with Crippen molar-refractivity contribution in [2.75, 3.05) is 33.2 Å². The number of aliphatic hydroxyl groups excluding tert-OH is 2. The minimum Gasteiger partial charge on any atom is -0.454 e. The highest BCUT2D eigenvalue weighted by Gasteiger charge is 1.94. The predicted molar refractivity (Wildman–Crippen MR) is 44.8 cm³/mol. The van der Waals surface area contributed by atoms with Gasteiger partial charge in [0, 0.05) is 0 Å². The first-order valence-electron chi connectivity index (χ1n) is 3.90. The first kappa shape index (κ1) is 12.7. The number of carbonyl (C=O) groups excluding carboxylic acids is 1. The van der Waals surface area contributed by atoms with Crippen molar-refractivity contribution in [2.45, 2.75) is 0 Å². The summed E-state index contributed by atoms with van der Waals surface area (Å²) in [5, 5.41) is 16.6. The molecule has 0 amide bonds. The van der Waals surface area contributed by atoms with Gasteiger partial charge in [-0.05, 0) is 0 Å². The lowest BCUT2D eigenvalue weighted by Gasteiger charge is -1.97. The molecule has 0 unspecified atom stereocenters. The number of hydrogen-bond acceptors (Lipinski definition) is 6. The Hall–Kier alpha value is -1.29. The van der Waals surface area contributed by atoms with Gasteiger partial charge in [0.2, 0.25) is 0 Å². The minimum absolute atomic E-state index is 0.0888. The van der Waals surface area contributed by atoms with E-state index in [4.69, 9.17) is 10.2 Å². The highest BCUT2D eigenvalue weighted by Crippen LogP contribution is 1.77. The Kier molecular flexibility index (Phi) is 8.89. The number of hydrogen-bond donors (Lipinski definition) is 2. The SMILES string of the molecule is O=C(C#COCOCCO)OCCO. The zero-order valence-electron chi connectivity index (χ0n) is 7.56. The van der Waals surface area contributed by atoms with Crippen LogP contribution in [-0.2, 0) is 19.0 Å². The highest BCUT2D eigenvalue weighted by molar-refractivity contribution is 5.88. The zero-order chi connectivity index (χ0) is 10.6. The van der Waals surface area contributed by atoms with Crippen LogP contribution in [0.2, 0.25) is 0 Å². The number of rotatable bonds is 6. The molecular weight excluding hydrogens is 192 g/mol. The molecule has 0 heterocycles. The third-order valence-electron chi connectivity index (χ3n) is 0.928. The van der Waals surface area contributed by atoms with E-state index < -0.39 is 5.97 Å². The highest BCUT2D eigenvalue weighted by atomic mass is 16.7. The molecule has 80 valence electrons. The molecule has 0 aliphatic rings. The molecule has 2 N–H and O–H groups in total. The van der Waals surface area contributed by atoms with Gasteiger partial charge in [-0.2, -0.15) is 0 Å². The van der Waals surface area contributed by atoms with Crippen molar-refractivity contribution in [3.05, 3.63) is 0 Å². The van der Waals surface area contributed by atoms with Crippen molar-refractivity contribution in [1.82, 2.24) is 0 Å². The van der Waals surface area contributed by atoms with Crippen molar-refractivity contribution in [3.8, 4) is 12.0 Å². The largest absolute Gasteiger partial charge is 0.454 e. The molecule has 0 spiro atoms. The lowest BCUT2D eigenvalue weighted by Crippen LogP contribution is -2.06. The van der Waals surface area contributed by atoms with Crippen LogP contribution in [0.15, 0.2) is 0 Å². The summed E-state index contributed by atoms with van der Waals surface area (Å²) in [5.74, 6) is 1.23. The Morgan fingerprint density at radius 1 is 1.21 bits per heavy atom. The van der Waals surface area contributed by atoms with Crippen LogP contribution in [0.4, 0.5) is 0 Å². The summed E-state index contributed by atoms with van der Waals surface area (Å²) in [6, 6.07) is 0. The molecule has 0 radical (unpaired) electrons. The molecule has 0 saturated carbocycles. The van der Waals surface area contributed by atoms with Crippen LogP contribution in [0.5, 0.6) is 0 Å². The monoisotopic (exact) mass is 204 g/mol. The molecule has 0 bridgehead atoms. The van der Waals surface area contributed by atoms with Crippen LogP contribution in [-0.4, -0.2) is 49.4 Å². The number of esters is 1. The molecule has 0 fully saturated rings. The first-order valence-corrected chi connectivity index (χ1v) is 3.90. The molecule has 0 aromatic carbocycles. The summed E-state index contributed by atoms with van der Waals surface area (Å²) >= 11 is 0. The second-order valence-corrected chi connectivity index (χ2v) is 1.98. The Balaban J connectivity index is 3.36. The molecule has 0 aliphatic carbocycles. The fraction of sp³-hybridized carbons (Fsp3) is 0.625. The van der Waals surface area contributed by atoms with E-state index in [1.807, 2.05) is 12.0 Å². The Morgan fingerprint density at radius 3 is 2.57 bits per heavy atom. The quantitative estimate of drug-likeness (QED) is 0.236. The standard InChI is InChI=1S/C8H12O6/c9-2-5-13-7-12-4-1-8(11)14-6-3-10/h9-10H,2-3,5-7H2. The van der Waals surface area contributed by atoms with Crippen molar-refractivity contribution in [3.63, 3.8) is 0 Å². The van der Waals surface area contributed by atoms with E-state index in [-0.39, 0.29) is 33.2 Å². The van der Waals surface area contributed by atoms with Crippen LogP contribution in [0.1, 0.15) is 0 Å². The Bertz CT molecular complexity index is 204. The summed E-state index contributed by atoms with van der Waals surface area (Å²) in [7, 11) is 0.